The molecule has 0 bridgehead atoms. The second kappa shape index (κ2) is 7.01. The van der Waals surface area contributed by atoms with Gasteiger partial charge < -0.3 is 10.2 Å². The summed E-state index contributed by atoms with van der Waals surface area (Å²) in [6.07, 6.45) is 0.347. The zero-order chi connectivity index (χ0) is 17.1. The van der Waals surface area contributed by atoms with Crippen LogP contribution < -0.4 is 10.2 Å². The van der Waals surface area contributed by atoms with Gasteiger partial charge in [-0.3, -0.25) is 9.59 Å². The lowest BCUT2D eigenvalue weighted by Crippen LogP contribution is -2.31. The lowest BCUT2D eigenvalue weighted by Gasteiger charge is -2.17. The average Bonchev–Trinajstić information content (AvgIpc) is 2.94. The summed E-state index contributed by atoms with van der Waals surface area (Å²) >= 11 is 5.88. The third kappa shape index (κ3) is 3.41. The molecule has 1 aliphatic heterocycles. The number of halogens is 2. The molecule has 1 N–H and O–H groups in total. The van der Waals surface area contributed by atoms with E-state index in [-0.39, 0.29) is 22.4 Å². The number of benzene rings is 2. The fourth-order valence-electron chi connectivity index (χ4n) is 2.82. The lowest BCUT2D eigenvalue weighted by molar-refractivity contribution is -0.117. The summed E-state index contributed by atoms with van der Waals surface area (Å²) in [6.45, 7) is 0.812. The fraction of sp³-hybridized carbons (Fsp3) is 0.222. The minimum Gasteiger partial charge on any atom is -0.352 e. The minimum atomic E-state index is -0.659. The van der Waals surface area contributed by atoms with Crippen LogP contribution in [0.25, 0.3) is 0 Å². The first-order valence-corrected chi connectivity index (χ1v) is 8.01. The smallest absolute Gasteiger partial charge is 0.255 e. The van der Waals surface area contributed by atoms with Crippen LogP contribution in [0.4, 0.5) is 10.1 Å². The van der Waals surface area contributed by atoms with Gasteiger partial charge in [-0.2, -0.15) is 0 Å². The van der Waals surface area contributed by atoms with Crippen LogP contribution in [-0.2, 0) is 4.79 Å². The van der Waals surface area contributed by atoms with Crippen LogP contribution in [-0.4, -0.2) is 24.9 Å². The molecular weight excluding hydrogens is 331 g/mol. The molecule has 0 saturated carbocycles. The maximum absolute atomic E-state index is 13.7. The number of hydrogen-bond acceptors (Lipinski definition) is 2. The second-order valence-electron chi connectivity index (χ2n) is 5.72. The molecule has 4 nitrogen and oxygen atoms in total. The molecule has 0 radical (unpaired) electrons. The van der Waals surface area contributed by atoms with Gasteiger partial charge in [0.1, 0.15) is 5.82 Å². The molecule has 0 aliphatic carbocycles. The summed E-state index contributed by atoms with van der Waals surface area (Å²) in [4.78, 5) is 26.0. The molecule has 1 fully saturated rings. The van der Waals surface area contributed by atoms with Crippen molar-refractivity contribution in [3.63, 3.8) is 0 Å². The third-order valence-corrected chi connectivity index (χ3v) is 4.33. The van der Waals surface area contributed by atoms with Crippen molar-refractivity contribution in [2.45, 2.75) is 6.42 Å². The molecule has 1 heterocycles. The Morgan fingerprint density at radius 1 is 1.21 bits per heavy atom. The highest BCUT2D eigenvalue weighted by Crippen LogP contribution is 2.24. The van der Waals surface area contributed by atoms with E-state index >= 15 is 0 Å². The van der Waals surface area contributed by atoms with Crippen LogP contribution in [0.2, 0.25) is 5.02 Å². The number of nitrogens with one attached hydrogen (secondary N) is 1. The van der Waals surface area contributed by atoms with Gasteiger partial charge in [-0.15, -0.1) is 0 Å². The average molecular weight is 347 g/mol. The van der Waals surface area contributed by atoms with Gasteiger partial charge in [-0.1, -0.05) is 35.9 Å². The van der Waals surface area contributed by atoms with E-state index in [9.17, 15) is 14.0 Å². The van der Waals surface area contributed by atoms with Crippen LogP contribution >= 0.6 is 11.6 Å². The van der Waals surface area contributed by atoms with Crippen LogP contribution in [0.1, 0.15) is 16.8 Å². The standard InChI is InChI=1S/C18H16ClFN2O2/c19-14-7-4-8-15(20)17(14)18(24)21-10-12-9-16(23)22(11-12)13-5-2-1-3-6-13/h1-8,12H,9-11H2,(H,21,24). The SMILES string of the molecule is O=C(NCC1CC(=O)N(c2ccccc2)C1)c1c(F)cccc1Cl. The highest BCUT2D eigenvalue weighted by Gasteiger charge is 2.31. The Labute approximate surface area is 144 Å². The zero-order valence-corrected chi connectivity index (χ0v) is 13.6. The Kier molecular flexibility index (Phi) is 4.81. The van der Waals surface area contributed by atoms with Crippen molar-refractivity contribution >= 4 is 29.1 Å². The van der Waals surface area contributed by atoms with E-state index in [0.29, 0.717) is 19.5 Å². The van der Waals surface area contributed by atoms with E-state index in [2.05, 4.69) is 5.32 Å². The molecule has 0 spiro atoms. The topological polar surface area (TPSA) is 49.4 Å². The molecule has 124 valence electrons. The van der Waals surface area contributed by atoms with Crippen molar-refractivity contribution < 1.29 is 14.0 Å². The molecule has 24 heavy (non-hydrogen) atoms. The van der Waals surface area contributed by atoms with E-state index in [1.165, 1.54) is 18.2 Å². The van der Waals surface area contributed by atoms with Crippen LogP contribution in [0.5, 0.6) is 0 Å². The Balaban J connectivity index is 1.62. The highest BCUT2D eigenvalue weighted by molar-refractivity contribution is 6.33. The Morgan fingerprint density at radius 3 is 2.67 bits per heavy atom. The summed E-state index contributed by atoms with van der Waals surface area (Å²) in [5.41, 5.74) is 0.678. The minimum absolute atomic E-state index is 0.0179. The Bertz CT molecular complexity index is 747. The van der Waals surface area contributed by atoms with Crippen molar-refractivity contribution in [3.8, 4) is 0 Å². The summed E-state index contributed by atoms with van der Waals surface area (Å²) in [6, 6.07) is 13.5. The number of hydrogen-bond donors (Lipinski definition) is 1. The van der Waals surface area contributed by atoms with E-state index in [4.69, 9.17) is 11.6 Å². The summed E-state index contributed by atoms with van der Waals surface area (Å²) in [5, 5.41) is 2.74. The monoisotopic (exact) mass is 346 g/mol. The molecule has 3 rings (SSSR count). The van der Waals surface area contributed by atoms with Crippen molar-refractivity contribution in [3.05, 3.63) is 64.9 Å². The molecule has 1 atom stereocenters. The van der Waals surface area contributed by atoms with Crippen molar-refractivity contribution in [1.29, 1.82) is 0 Å². The molecular formula is C18H16ClFN2O2. The normalized spacial score (nSPS) is 17.2. The maximum atomic E-state index is 13.7. The predicted molar refractivity (Wildman–Crippen MR) is 90.6 cm³/mol. The summed E-state index contributed by atoms with van der Waals surface area (Å²) in [7, 11) is 0. The molecule has 0 aromatic heterocycles. The lowest BCUT2D eigenvalue weighted by atomic mass is 10.1. The quantitative estimate of drug-likeness (QED) is 0.923. The van der Waals surface area contributed by atoms with Crippen molar-refractivity contribution in [1.82, 2.24) is 5.32 Å². The molecule has 2 amide bonds. The fourth-order valence-corrected chi connectivity index (χ4v) is 3.06. The van der Waals surface area contributed by atoms with Gasteiger partial charge in [0, 0.05) is 31.1 Å². The number of carbonyl (C=O) groups excluding carboxylic acids is 2. The summed E-state index contributed by atoms with van der Waals surface area (Å²) < 4.78 is 13.7. The van der Waals surface area contributed by atoms with E-state index in [1.54, 1.807) is 4.90 Å². The van der Waals surface area contributed by atoms with Gasteiger partial charge in [0.15, 0.2) is 0 Å². The second-order valence-corrected chi connectivity index (χ2v) is 6.12. The van der Waals surface area contributed by atoms with E-state index < -0.39 is 11.7 Å². The van der Waals surface area contributed by atoms with Gasteiger partial charge in [0.25, 0.3) is 5.91 Å². The first-order chi connectivity index (χ1) is 11.6. The third-order valence-electron chi connectivity index (χ3n) is 4.01. The van der Waals surface area contributed by atoms with E-state index in [0.717, 1.165) is 5.69 Å². The van der Waals surface area contributed by atoms with Crippen molar-refractivity contribution in [2.75, 3.05) is 18.0 Å². The molecule has 2 aromatic carbocycles. The van der Waals surface area contributed by atoms with Gasteiger partial charge in [0.2, 0.25) is 5.91 Å². The number of nitrogens with zero attached hydrogens (tertiary/aromatic N) is 1. The molecule has 6 heteroatoms. The molecule has 1 aliphatic rings. The predicted octanol–water partition coefficient (Wildman–Crippen LogP) is 3.26. The number of anilines is 1. The van der Waals surface area contributed by atoms with Crippen LogP contribution in [0.3, 0.4) is 0 Å². The first-order valence-electron chi connectivity index (χ1n) is 7.64. The number of amides is 2. The zero-order valence-electron chi connectivity index (χ0n) is 12.8. The largest absolute Gasteiger partial charge is 0.352 e. The van der Waals surface area contributed by atoms with Gasteiger partial charge in [0.05, 0.1) is 10.6 Å². The van der Waals surface area contributed by atoms with Crippen LogP contribution in [0, 0.1) is 11.7 Å². The van der Waals surface area contributed by atoms with Gasteiger partial charge in [-0.05, 0) is 24.3 Å². The number of rotatable bonds is 4. The first kappa shape index (κ1) is 16.5. The Morgan fingerprint density at radius 2 is 1.96 bits per heavy atom. The van der Waals surface area contributed by atoms with Gasteiger partial charge >= 0.3 is 0 Å². The van der Waals surface area contributed by atoms with Crippen LogP contribution in [0.15, 0.2) is 48.5 Å². The number of para-hydroxylation sites is 1. The Hall–Kier alpha value is -2.40. The molecule has 1 unspecified atom stereocenters. The van der Waals surface area contributed by atoms with Crippen molar-refractivity contribution in [2.24, 2.45) is 5.92 Å². The van der Waals surface area contributed by atoms with E-state index in [1.807, 2.05) is 30.3 Å². The molecule has 1 saturated heterocycles. The number of carbonyl (C=O) groups is 2. The molecule has 2 aromatic rings. The summed E-state index contributed by atoms with van der Waals surface area (Å²) in [5.74, 6) is -1.23. The highest BCUT2D eigenvalue weighted by atomic mass is 35.5. The van der Waals surface area contributed by atoms with Gasteiger partial charge in [-0.25, -0.2) is 4.39 Å². The maximum Gasteiger partial charge on any atom is 0.255 e.